The molecule has 0 N–H and O–H groups in total. The molecule has 0 unspecified atom stereocenters. The molecule has 0 saturated heterocycles. The zero-order chi connectivity index (χ0) is 32.5. The molecule has 8 aromatic carbocycles. The summed E-state index contributed by atoms with van der Waals surface area (Å²) in [5.74, 6) is -0.389. The summed E-state index contributed by atoms with van der Waals surface area (Å²) in [4.78, 5) is 0. The van der Waals surface area contributed by atoms with Gasteiger partial charge in [-0.15, -0.1) is 0 Å². The van der Waals surface area contributed by atoms with Crippen LogP contribution < -0.4 is 4.18 Å². The molecule has 0 atom stereocenters. The summed E-state index contributed by atoms with van der Waals surface area (Å²) in [6.45, 7) is 4.46. The lowest BCUT2D eigenvalue weighted by molar-refractivity contribution is -0.0500. The molecule has 0 fully saturated rings. The number of rotatable bonds is 2. The van der Waals surface area contributed by atoms with Crippen molar-refractivity contribution in [3.05, 3.63) is 126 Å². The fraction of sp³-hybridized carbons (Fsp3) is 0.100. The third-order valence-corrected chi connectivity index (χ3v) is 10.9. The minimum Gasteiger partial charge on any atom is -0.376 e. The van der Waals surface area contributed by atoms with Crippen molar-refractivity contribution in [2.24, 2.45) is 0 Å². The van der Waals surface area contributed by atoms with Crippen molar-refractivity contribution in [3.63, 3.8) is 0 Å². The Bertz CT molecular complexity index is 2800. The van der Waals surface area contributed by atoms with Crippen molar-refractivity contribution in [3.8, 4) is 16.9 Å². The molecule has 0 saturated carbocycles. The molecule has 230 valence electrons. The Morgan fingerprint density at radius 2 is 0.830 bits per heavy atom. The van der Waals surface area contributed by atoms with Gasteiger partial charge in [-0.2, -0.15) is 21.6 Å². The van der Waals surface area contributed by atoms with Gasteiger partial charge >= 0.3 is 15.6 Å². The van der Waals surface area contributed by atoms with Gasteiger partial charge in [0.15, 0.2) is 0 Å². The van der Waals surface area contributed by atoms with Gasteiger partial charge in [-0.05, 0) is 129 Å². The minimum atomic E-state index is -5.81. The number of hydrogen-bond acceptors (Lipinski definition) is 3. The second-order valence-electron chi connectivity index (χ2n) is 12.8. The van der Waals surface area contributed by atoms with E-state index in [1.165, 1.54) is 55.6 Å². The summed E-state index contributed by atoms with van der Waals surface area (Å²) in [6, 6.07) is 38.2. The molecule has 9 rings (SSSR count). The average Bonchev–Trinajstić information content (AvgIpc) is 3.27. The molecule has 7 heteroatoms. The first-order valence-corrected chi connectivity index (χ1v) is 16.7. The summed E-state index contributed by atoms with van der Waals surface area (Å²) in [5.41, 5.74) is -1.15. The molecule has 47 heavy (non-hydrogen) atoms. The highest BCUT2D eigenvalue weighted by molar-refractivity contribution is 7.88. The molecule has 8 aromatic rings. The van der Waals surface area contributed by atoms with Crippen molar-refractivity contribution in [2.45, 2.75) is 24.8 Å². The van der Waals surface area contributed by atoms with Crippen molar-refractivity contribution in [2.75, 3.05) is 0 Å². The van der Waals surface area contributed by atoms with Crippen LogP contribution in [0.3, 0.4) is 0 Å². The van der Waals surface area contributed by atoms with Crippen molar-refractivity contribution < 1.29 is 25.8 Å². The largest absolute Gasteiger partial charge is 0.534 e. The molecule has 3 nitrogen and oxygen atoms in total. The summed E-state index contributed by atoms with van der Waals surface area (Å²) < 4.78 is 67.6. The van der Waals surface area contributed by atoms with Crippen LogP contribution in [0.1, 0.15) is 25.0 Å². The maximum Gasteiger partial charge on any atom is 0.534 e. The van der Waals surface area contributed by atoms with Gasteiger partial charge in [0.1, 0.15) is 5.75 Å². The lowest BCUT2D eigenvalue weighted by Gasteiger charge is -2.23. The zero-order valence-electron chi connectivity index (χ0n) is 25.2. The number of fused-ring (bicyclic) bond motifs is 15. The third-order valence-electron chi connectivity index (χ3n) is 9.95. The van der Waals surface area contributed by atoms with Gasteiger partial charge in [-0.3, -0.25) is 0 Å². The molecule has 0 spiro atoms. The Morgan fingerprint density at radius 3 is 1.23 bits per heavy atom. The van der Waals surface area contributed by atoms with Crippen LogP contribution in [-0.2, 0) is 15.5 Å². The predicted molar refractivity (Wildman–Crippen MR) is 185 cm³/mol. The summed E-state index contributed by atoms with van der Waals surface area (Å²) >= 11 is 0. The van der Waals surface area contributed by atoms with Crippen LogP contribution in [0.4, 0.5) is 13.2 Å². The molecular weight excluding hydrogens is 617 g/mol. The smallest absolute Gasteiger partial charge is 0.376 e. The Labute approximate surface area is 267 Å². The molecule has 0 amide bonds. The fourth-order valence-corrected chi connectivity index (χ4v) is 8.23. The van der Waals surface area contributed by atoms with Crippen LogP contribution in [0.5, 0.6) is 5.75 Å². The van der Waals surface area contributed by atoms with E-state index < -0.39 is 15.6 Å². The van der Waals surface area contributed by atoms with E-state index in [1.807, 2.05) is 24.3 Å². The predicted octanol–water partition coefficient (Wildman–Crippen LogP) is 11.1. The Kier molecular flexibility index (Phi) is 5.52. The number of benzene rings is 8. The molecular formula is C40H25F3O3S. The van der Waals surface area contributed by atoms with Gasteiger partial charge in [-0.25, -0.2) is 0 Å². The van der Waals surface area contributed by atoms with E-state index in [1.54, 1.807) is 6.07 Å². The van der Waals surface area contributed by atoms with Crippen LogP contribution in [0.2, 0.25) is 0 Å². The van der Waals surface area contributed by atoms with Crippen molar-refractivity contribution in [1.82, 2.24) is 0 Å². The Morgan fingerprint density at radius 1 is 0.489 bits per heavy atom. The van der Waals surface area contributed by atoms with Gasteiger partial charge in [0, 0.05) is 5.41 Å². The summed E-state index contributed by atoms with van der Waals surface area (Å²) in [6.07, 6.45) is 0. The maximum absolute atomic E-state index is 13.1. The van der Waals surface area contributed by atoms with E-state index in [4.69, 9.17) is 0 Å². The highest BCUT2D eigenvalue weighted by Crippen LogP contribution is 2.53. The quantitative estimate of drug-likeness (QED) is 0.107. The van der Waals surface area contributed by atoms with Gasteiger partial charge in [0.05, 0.1) is 0 Å². The standard InChI is InChI=1S/C40H25F3O3S/c1-39(2)37-20-33-26-12-6-4-10-24(26)23-9-3-5-11-25(23)31(33)18-35(37)36-19-32-28-14-8-7-13-27(28)30-17-22(46-47(44,45)40(41,42)43)15-16-29(30)34(32)21-38(36)39/h3-21H,1-2H3. The molecule has 1 aliphatic rings. The first-order valence-electron chi connectivity index (χ1n) is 15.3. The average molecular weight is 643 g/mol. The van der Waals surface area contributed by atoms with Crippen LogP contribution >= 0.6 is 0 Å². The molecule has 0 bridgehead atoms. The first-order chi connectivity index (χ1) is 22.4. The highest BCUT2D eigenvalue weighted by atomic mass is 32.2. The van der Waals surface area contributed by atoms with E-state index in [9.17, 15) is 21.6 Å². The molecule has 0 heterocycles. The molecule has 1 aliphatic carbocycles. The highest BCUT2D eigenvalue weighted by Gasteiger charge is 2.48. The van der Waals surface area contributed by atoms with Crippen molar-refractivity contribution in [1.29, 1.82) is 0 Å². The van der Waals surface area contributed by atoms with Crippen LogP contribution in [0.25, 0.3) is 75.8 Å². The van der Waals surface area contributed by atoms with E-state index in [0.29, 0.717) is 5.39 Å². The van der Waals surface area contributed by atoms with Gasteiger partial charge in [0.2, 0.25) is 0 Å². The van der Waals surface area contributed by atoms with Gasteiger partial charge in [-0.1, -0.05) is 86.6 Å². The second kappa shape index (κ2) is 9.23. The normalized spacial score (nSPS) is 14.4. The van der Waals surface area contributed by atoms with E-state index >= 15 is 0 Å². The van der Waals surface area contributed by atoms with Crippen LogP contribution in [0.15, 0.2) is 115 Å². The summed E-state index contributed by atoms with van der Waals surface area (Å²) in [5, 5.41) is 12.3. The van der Waals surface area contributed by atoms with E-state index in [2.05, 4.69) is 90.8 Å². The summed E-state index contributed by atoms with van der Waals surface area (Å²) in [7, 11) is -5.81. The number of hydrogen-bond donors (Lipinski definition) is 0. The number of alkyl halides is 3. The Hall–Kier alpha value is -5.14. The topological polar surface area (TPSA) is 43.4 Å². The fourth-order valence-electron chi connectivity index (χ4n) is 7.78. The number of halogens is 3. The van der Waals surface area contributed by atoms with Gasteiger partial charge < -0.3 is 4.18 Å². The monoisotopic (exact) mass is 642 g/mol. The lowest BCUT2D eigenvalue weighted by atomic mass is 9.80. The lowest BCUT2D eigenvalue weighted by Crippen LogP contribution is -2.28. The van der Waals surface area contributed by atoms with E-state index in [0.717, 1.165) is 38.1 Å². The van der Waals surface area contributed by atoms with Gasteiger partial charge in [0.25, 0.3) is 0 Å². The van der Waals surface area contributed by atoms with Crippen molar-refractivity contribution >= 4 is 74.8 Å². The third kappa shape index (κ3) is 3.83. The van der Waals surface area contributed by atoms with Crippen LogP contribution in [-0.4, -0.2) is 13.9 Å². The first kappa shape index (κ1) is 28.1. The second-order valence-corrected chi connectivity index (χ2v) is 14.4. The molecule has 0 aliphatic heterocycles. The minimum absolute atomic E-state index is 0.346. The van der Waals surface area contributed by atoms with E-state index in [-0.39, 0.29) is 11.2 Å². The maximum atomic E-state index is 13.1. The molecule has 0 aromatic heterocycles. The Balaban J connectivity index is 1.35. The molecule has 0 radical (unpaired) electrons. The zero-order valence-corrected chi connectivity index (χ0v) is 26.1. The van der Waals surface area contributed by atoms with Crippen LogP contribution in [0, 0.1) is 0 Å². The SMILES string of the molecule is CC1(C)c2cc3c4ccccc4c4ccccc4c3cc2-c2cc3c4ccccc4c4cc(OS(=O)(=O)C(F)(F)F)ccc4c3cc21.